The summed E-state index contributed by atoms with van der Waals surface area (Å²) < 4.78 is 56.2. The Bertz CT molecular complexity index is 895. The van der Waals surface area contributed by atoms with E-state index in [4.69, 9.17) is 0 Å². The molecule has 1 aliphatic rings. The smallest absolute Gasteiger partial charge is 0.338 e. The molecule has 30 heavy (non-hydrogen) atoms. The van der Waals surface area contributed by atoms with Gasteiger partial charge >= 0.3 is 5.97 Å². The van der Waals surface area contributed by atoms with E-state index in [9.17, 15) is 23.1 Å². The lowest BCUT2D eigenvalue weighted by atomic mass is 9.75. The summed E-state index contributed by atoms with van der Waals surface area (Å²) in [5.74, 6) is -6.45. The van der Waals surface area contributed by atoms with E-state index in [2.05, 4.69) is 6.92 Å². The monoisotopic (exact) mass is 422 g/mol. The van der Waals surface area contributed by atoms with Crippen LogP contribution >= 0.6 is 0 Å². The summed E-state index contributed by atoms with van der Waals surface area (Å²) in [6, 6.07) is 4.17. The van der Waals surface area contributed by atoms with Gasteiger partial charge in [0, 0.05) is 5.56 Å². The van der Waals surface area contributed by atoms with E-state index in [0.29, 0.717) is 11.5 Å². The van der Waals surface area contributed by atoms with Crippen molar-refractivity contribution in [2.75, 3.05) is 0 Å². The van der Waals surface area contributed by atoms with Crippen LogP contribution in [0.2, 0.25) is 0 Å². The molecule has 2 aromatic carbocycles. The van der Waals surface area contributed by atoms with Crippen molar-refractivity contribution < 1.29 is 27.5 Å². The summed E-state index contributed by atoms with van der Waals surface area (Å²) in [7, 11) is 0. The number of hydrogen-bond acceptors (Lipinski definition) is 1. The predicted octanol–water partition coefficient (Wildman–Crippen LogP) is 7.46. The van der Waals surface area contributed by atoms with Crippen LogP contribution in [0, 0.1) is 29.2 Å². The minimum absolute atomic E-state index is 0.0454. The third-order valence-corrected chi connectivity index (χ3v) is 6.18. The van der Waals surface area contributed by atoms with Crippen LogP contribution in [0.5, 0.6) is 0 Å². The second-order valence-corrected chi connectivity index (χ2v) is 8.16. The highest BCUT2D eigenvalue weighted by Gasteiger charge is 2.28. The van der Waals surface area contributed by atoms with Gasteiger partial charge in [-0.3, -0.25) is 0 Å². The Kier molecular flexibility index (Phi) is 7.16. The number of benzene rings is 2. The minimum Gasteiger partial charge on any atom is -0.478 e. The van der Waals surface area contributed by atoms with Gasteiger partial charge < -0.3 is 5.11 Å². The molecular weight excluding hydrogens is 396 g/mol. The molecule has 0 atom stereocenters. The van der Waals surface area contributed by atoms with Crippen LogP contribution in [-0.2, 0) is 0 Å². The number of carboxylic acids is 1. The van der Waals surface area contributed by atoms with Crippen molar-refractivity contribution in [3.8, 4) is 11.1 Å². The van der Waals surface area contributed by atoms with Crippen molar-refractivity contribution in [3.63, 3.8) is 0 Å². The maximum atomic E-state index is 15.2. The van der Waals surface area contributed by atoms with Crippen molar-refractivity contribution in [2.45, 2.75) is 64.2 Å². The van der Waals surface area contributed by atoms with Gasteiger partial charge in [-0.1, -0.05) is 38.7 Å². The van der Waals surface area contributed by atoms with Gasteiger partial charge in [0.25, 0.3) is 0 Å². The van der Waals surface area contributed by atoms with Crippen LogP contribution < -0.4 is 0 Å². The summed E-state index contributed by atoms with van der Waals surface area (Å²) in [6.45, 7) is 2.16. The van der Waals surface area contributed by atoms with E-state index < -0.39 is 34.8 Å². The molecule has 0 heterocycles. The van der Waals surface area contributed by atoms with Gasteiger partial charge in [-0.2, -0.15) is 0 Å². The first-order valence-electron chi connectivity index (χ1n) is 10.5. The number of unbranched alkanes of at least 4 members (excludes halogenated alkanes) is 2. The zero-order valence-corrected chi connectivity index (χ0v) is 17.0. The fourth-order valence-corrected chi connectivity index (χ4v) is 4.53. The van der Waals surface area contributed by atoms with Gasteiger partial charge in [0.05, 0.1) is 5.56 Å². The summed E-state index contributed by atoms with van der Waals surface area (Å²) in [6.07, 6.45) is 8.25. The Morgan fingerprint density at radius 1 is 0.967 bits per heavy atom. The molecule has 0 aliphatic heterocycles. The summed E-state index contributed by atoms with van der Waals surface area (Å²) in [4.78, 5) is 11.4. The Labute approximate surface area is 173 Å². The fourth-order valence-electron chi connectivity index (χ4n) is 4.53. The van der Waals surface area contributed by atoms with Crippen LogP contribution in [0.4, 0.5) is 17.6 Å². The number of hydrogen-bond donors (Lipinski definition) is 1. The molecule has 3 rings (SSSR count). The predicted molar refractivity (Wildman–Crippen MR) is 108 cm³/mol. The quantitative estimate of drug-likeness (QED) is 0.286. The molecule has 1 N–H and O–H groups in total. The van der Waals surface area contributed by atoms with E-state index in [1.165, 1.54) is 31.4 Å². The lowest BCUT2D eigenvalue weighted by molar-refractivity contribution is 0.0692. The molecule has 0 saturated heterocycles. The molecule has 6 heteroatoms. The zero-order chi connectivity index (χ0) is 21.8. The zero-order valence-electron chi connectivity index (χ0n) is 17.0. The van der Waals surface area contributed by atoms with Gasteiger partial charge in [-0.05, 0) is 66.8 Å². The molecule has 1 saturated carbocycles. The summed E-state index contributed by atoms with van der Waals surface area (Å²) in [5, 5.41) is 9.28. The number of carbonyl (C=O) groups is 1. The minimum atomic E-state index is -1.64. The van der Waals surface area contributed by atoms with Crippen molar-refractivity contribution in [1.82, 2.24) is 0 Å². The SMILES string of the molecule is CCCCCC1CCC(c2ccc(C(=O)O)c(F)c2-c2cc(F)c(F)c(F)c2)CC1. The lowest BCUT2D eigenvalue weighted by Crippen LogP contribution is -2.15. The van der Waals surface area contributed by atoms with Crippen molar-refractivity contribution in [3.05, 3.63) is 58.7 Å². The first-order chi connectivity index (χ1) is 14.3. The van der Waals surface area contributed by atoms with Crippen LogP contribution in [0.15, 0.2) is 24.3 Å². The van der Waals surface area contributed by atoms with Gasteiger partial charge in [0.15, 0.2) is 17.5 Å². The third kappa shape index (κ3) is 4.68. The Hall–Kier alpha value is -2.37. The second kappa shape index (κ2) is 9.63. The largest absolute Gasteiger partial charge is 0.478 e. The van der Waals surface area contributed by atoms with Crippen LogP contribution in [0.1, 0.15) is 80.1 Å². The van der Waals surface area contributed by atoms with E-state index >= 15 is 4.39 Å². The third-order valence-electron chi connectivity index (χ3n) is 6.18. The summed E-state index contributed by atoms with van der Waals surface area (Å²) in [5.41, 5.74) is -0.392. The molecule has 0 radical (unpaired) electrons. The molecule has 1 fully saturated rings. The topological polar surface area (TPSA) is 37.3 Å². The Morgan fingerprint density at radius 3 is 2.17 bits per heavy atom. The molecule has 0 aromatic heterocycles. The lowest BCUT2D eigenvalue weighted by Gasteiger charge is -2.30. The molecule has 0 amide bonds. The van der Waals surface area contributed by atoms with Gasteiger partial charge in [0.1, 0.15) is 5.82 Å². The van der Waals surface area contributed by atoms with Crippen molar-refractivity contribution >= 4 is 5.97 Å². The van der Waals surface area contributed by atoms with Crippen molar-refractivity contribution in [1.29, 1.82) is 0 Å². The van der Waals surface area contributed by atoms with Gasteiger partial charge in [-0.15, -0.1) is 0 Å². The Morgan fingerprint density at radius 2 is 1.60 bits per heavy atom. The maximum absolute atomic E-state index is 15.2. The highest BCUT2D eigenvalue weighted by atomic mass is 19.2. The highest BCUT2D eigenvalue weighted by molar-refractivity contribution is 5.90. The molecule has 2 aromatic rings. The molecule has 1 aliphatic carbocycles. The standard InChI is InChI=1S/C24H26F4O2/c1-2-3-4-5-14-6-8-15(9-7-14)17-10-11-18(24(29)30)22(27)21(17)16-12-19(25)23(28)20(26)13-16/h10-15H,2-9H2,1H3,(H,29,30). The number of halogens is 4. The molecule has 162 valence electrons. The number of aromatic carboxylic acids is 1. The first-order valence-corrected chi connectivity index (χ1v) is 10.5. The maximum Gasteiger partial charge on any atom is 0.338 e. The average Bonchev–Trinajstić information content (AvgIpc) is 2.72. The number of rotatable bonds is 7. The van der Waals surface area contributed by atoms with Crippen molar-refractivity contribution in [2.24, 2.45) is 5.92 Å². The van der Waals surface area contributed by atoms with Crippen LogP contribution in [0.25, 0.3) is 11.1 Å². The summed E-state index contributed by atoms with van der Waals surface area (Å²) >= 11 is 0. The van der Waals surface area contributed by atoms with Gasteiger partial charge in [0.2, 0.25) is 0 Å². The van der Waals surface area contributed by atoms with Crippen LogP contribution in [-0.4, -0.2) is 11.1 Å². The average molecular weight is 422 g/mol. The van der Waals surface area contributed by atoms with Crippen LogP contribution in [0.3, 0.4) is 0 Å². The molecule has 2 nitrogen and oxygen atoms in total. The molecule has 0 unspecified atom stereocenters. The van der Waals surface area contributed by atoms with E-state index in [1.807, 2.05) is 0 Å². The van der Waals surface area contributed by atoms with E-state index in [0.717, 1.165) is 44.2 Å². The molecule has 0 bridgehead atoms. The number of carboxylic acid groups (broad SMARTS) is 1. The molecule has 0 spiro atoms. The van der Waals surface area contributed by atoms with E-state index in [1.54, 1.807) is 0 Å². The second-order valence-electron chi connectivity index (χ2n) is 8.16. The normalized spacial score (nSPS) is 19.1. The van der Waals surface area contributed by atoms with Gasteiger partial charge in [-0.25, -0.2) is 22.4 Å². The van der Waals surface area contributed by atoms with E-state index in [-0.39, 0.29) is 17.0 Å². The Balaban J connectivity index is 1.96. The first kappa shape index (κ1) is 22.3. The fraction of sp³-hybridized carbons (Fsp3) is 0.458. The highest BCUT2D eigenvalue weighted by Crippen LogP contribution is 2.43. The molecular formula is C24H26F4O2.